The van der Waals surface area contributed by atoms with Crippen molar-refractivity contribution in [3.05, 3.63) is 0 Å². The molecule has 0 heterocycles. The van der Waals surface area contributed by atoms with Crippen LogP contribution in [0.15, 0.2) is 0 Å². The third kappa shape index (κ3) is 24.2. The molecular weight excluding hydrogens is 320 g/mol. The molecule has 2 radical (unpaired) electrons. The molecule has 1 nitrogen and oxygen atoms in total. The minimum atomic E-state index is 0.750. The maximum atomic E-state index is 5.69. The molecule has 0 atom stereocenters. The first-order valence-electron chi connectivity index (χ1n) is 11.8. The highest BCUT2D eigenvalue weighted by molar-refractivity contribution is 6.26. The summed E-state index contributed by atoms with van der Waals surface area (Å²) < 4.78 is 5.69. The van der Waals surface area contributed by atoms with Gasteiger partial charge < -0.3 is 4.43 Å². The van der Waals surface area contributed by atoms with Crippen molar-refractivity contribution in [2.24, 2.45) is 0 Å². The van der Waals surface area contributed by atoms with Crippen LogP contribution in [0.25, 0.3) is 0 Å². The van der Waals surface area contributed by atoms with Crippen molar-refractivity contribution in [2.75, 3.05) is 6.61 Å². The minimum absolute atomic E-state index is 0.750. The monoisotopic (exact) mass is 368 g/mol. The topological polar surface area (TPSA) is 9.23 Å². The van der Waals surface area contributed by atoms with Crippen molar-refractivity contribution in [3.8, 4) is 0 Å². The lowest BCUT2D eigenvalue weighted by atomic mass is 10.0. The van der Waals surface area contributed by atoms with Gasteiger partial charge in [0.05, 0.1) is 0 Å². The van der Waals surface area contributed by atoms with Gasteiger partial charge in [-0.05, 0) is 12.5 Å². The summed E-state index contributed by atoms with van der Waals surface area (Å²) >= 11 is 0. The minimum Gasteiger partial charge on any atom is -0.417 e. The fraction of sp³-hybridized carbons (Fsp3) is 1.00. The molecule has 0 fully saturated rings. The van der Waals surface area contributed by atoms with E-state index in [4.69, 9.17) is 4.43 Å². The molecular formula is C23H48OSi. The second kappa shape index (κ2) is 24.2. The maximum absolute atomic E-state index is 5.69. The molecule has 0 amide bonds. The zero-order valence-electron chi connectivity index (χ0n) is 17.8. The Labute approximate surface area is 163 Å². The molecule has 25 heavy (non-hydrogen) atoms. The molecule has 0 unspecified atom stereocenters. The highest BCUT2D eigenvalue weighted by Crippen LogP contribution is 2.14. The van der Waals surface area contributed by atoms with Crippen LogP contribution in [0.2, 0.25) is 6.04 Å². The molecule has 0 spiro atoms. The van der Waals surface area contributed by atoms with Crippen LogP contribution in [0.4, 0.5) is 0 Å². The summed E-state index contributed by atoms with van der Waals surface area (Å²) in [5.41, 5.74) is 0. The van der Waals surface area contributed by atoms with Gasteiger partial charge in [0.1, 0.15) is 0 Å². The average molecular weight is 369 g/mol. The lowest BCUT2D eigenvalue weighted by Gasteiger charge is -2.04. The molecule has 0 aromatic heterocycles. The van der Waals surface area contributed by atoms with E-state index in [9.17, 15) is 0 Å². The van der Waals surface area contributed by atoms with E-state index in [0.29, 0.717) is 0 Å². The summed E-state index contributed by atoms with van der Waals surface area (Å²) in [6.07, 6.45) is 27.1. The zero-order chi connectivity index (χ0) is 18.3. The second-order valence-electron chi connectivity index (χ2n) is 7.75. The van der Waals surface area contributed by atoms with Gasteiger partial charge in [0.2, 0.25) is 9.76 Å². The summed E-state index contributed by atoms with van der Waals surface area (Å²) in [4.78, 5) is 0. The Hall–Kier alpha value is 0.177. The van der Waals surface area contributed by atoms with Gasteiger partial charge in [-0.3, -0.25) is 0 Å². The van der Waals surface area contributed by atoms with Crippen LogP contribution in [0.3, 0.4) is 0 Å². The standard InChI is InChI=1S/C23H48OSi/c1-3-5-7-8-9-10-11-12-13-14-15-16-17-18-19-20-21-22-24-25-23-6-4-2/h3-23H2,1-2H3. The van der Waals surface area contributed by atoms with Gasteiger partial charge in [0.15, 0.2) is 0 Å². The maximum Gasteiger partial charge on any atom is 0.229 e. The SMILES string of the molecule is CCCCCCCCCCCCCCCCCCCO[Si]CCCC. The number of hydrogen-bond acceptors (Lipinski definition) is 1. The summed E-state index contributed by atoms with van der Waals surface area (Å²) in [6.45, 7) is 5.55. The van der Waals surface area contributed by atoms with Crippen molar-refractivity contribution >= 4 is 9.76 Å². The van der Waals surface area contributed by atoms with E-state index in [-0.39, 0.29) is 0 Å². The van der Waals surface area contributed by atoms with Crippen molar-refractivity contribution in [1.82, 2.24) is 0 Å². The van der Waals surface area contributed by atoms with Crippen LogP contribution in [0.1, 0.15) is 136 Å². The lowest BCUT2D eigenvalue weighted by Crippen LogP contribution is -2.00. The van der Waals surface area contributed by atoms with Crippen LogP contribution < -0.4 is 0 Å². The quantitative estimate of drug-likeness (QED) is 0.137. The smallest absolute Gasteiger partial charge is 0.229 e. The molecule has 0 aliphatic rings. The Morgan fingerprint density at radius 1 is 0.440 bits per heavy atom. The first-order valence-corrected chi connectivity index (χ1v) is 12.9. The van der Waals surface area contributed by atoms with Crippen LogP contribution in [-0.4, -0.2) is 16.4 Å². The van der Waals surface area contributed by atoms with E-state index in [1.165, 1.54) is 128 Å². The molecule has 0 rings (SSSR count). The Morgan fingerprint density at radius 2 is 0.800 bits per heavy atom. The van der Waals surface area contributed by atoms with Gasteiger partial charge in [-0.1, -0.05) is 129 Å². The van der Waals surface area contributed by atoms with E-state index < -0.39 is 0 Å². The van der Waals surface area contributed by atoms with Crippen LogP contribution in [0.5, 0.6) is 0 Å². The average Bonchev–Trinajstić information content (AvgIpc) is 2.63. The molecule has 0 N–H and O–H groups in total. The van der Waals surface area contributed by atoms with Gasteiger partial charge in [-0.15, -0.1) is 0 Å². The molecule has 0 saturated heterocycles. The first-order chi connectivity index (χ1) is 12.4. The van der Waals surface area contributed by atoms with E-state index in [1.807, 2.05) is 0 Å². The number of hydrogen-bond donors (Lipinski definition) is 0. The van der Waals surface area contributed by atoms with Gasteiger partial charge >= 0.3 is 0 Å². The molecule has 0 aliphatic heterocycles. The van der Waals surface area contributed by atoms with Crippen LogP contribution in [0, 0.1) is 0 Å². The predicted octanol–water partition coefficient (Wildman–Crippen LogP) is 8.49. The summed E-state index contributed by atoms with van der Waals surface area (Å²) in [5, 5.41) is 0. The Bertz CT molecular complexity index is 198. The predicted molar refractivity (Wildman–Crippen MR) is 116 cm³/mol. The zero-order valence-corrected chi connectivity index (χ0v) is 18.8. The van der Waals surface area contributed by atoms with Crippen molar-refractivity contribution < 1.29 is 4.43 Å². The summed E-state index contributed by atoms with van der Waals surface area (Å²) in [7, 11) is 0.750. The highest BCUT2D eigenvalue weighted by atomic mass is 28.2. The molecule has 0 saturated carbocycles. The Balaban J connectivity index is 2.94. The van der Waals surface area contributed by atoms with Gasteiger partial charge in [-0.2, -0.15) is 0 Å². The molecule has 2 heteroatoms. The normalized spacial score (nSPS) is 11.3. The lowest BCUT2D eigenvalue weighted by molar-refractivity contribution is 0.319. The van der Waals surface area contributed by atoms with Crippen molar-refractivity contribution in [3.63, 3.8) is 0 Å². The Morgan fingerprint density at radius 3 is 1.20 bits per heavy atom. The van der Waals surface area contributed by atoms with Crippen molar-refractivity contribution in [1.29, 1.82) is 0 Å². The van der Waals surface area contributed by atoms with Crippen molar-refractivity contribution in [2.45, 2.75) is 142 Å². The van der Waals surface area contributed by atoms with E-state index in [2.05, 4.69) is 13.8 Å². The molecule has 0 bridgehead atoms. The van der Waals surface area contributed by atoms with E-state index >= 15 is 0 Å². The fourth-order valence-electron chi connectivity index (χ4n) is 3.29. The first kappa shape index (κ1) is 25.2. The fourth-order valence-corrected chi connectivity index (χ4v) is 4.22. The Kier molecular flexibility index (Phi) is 24.3. The number of rotatable bonds is 22. The number of unbranched alkanes of at least 4 members (excludes halogenated alkanes) is 17. The molecule has 0 aromatic rings. The third-order valence-electron chi connectivity index (χ3n) is 5.08. The molecule has 150 valence electrons. The summed E-state index contributed by atoms with van der Waals surface area (Å²) in [6, 6.07) is 1.27. The molecule has 0 aromatic carbocycles. The van der Waals surface area contributed by atoms with Crippen LogP contribution in [-0.2, 0) is 4.43 Å². The van der Waals surface area contributed by atoms with Gasteiger partial charge in [-0.25, -0.2) is 0 Å². The van der Waals surface area contributed by atoms with E-state index in [0.717, 1.165) is 16.4 Å². The summed E-state index contributed by atoms with van der Waals surface area (Å²) in [5.74, 6) is 0. The largest absolute Gasteiger partial charge is 0.417 e. The second-order valence-corrected chi connectivity index (χ2v) is 8.83. The van der Waals surface area contributed by atoms with E-state index in [1.54, 1.807) is 0 Å². The highest BCUT2D eigenvalue weighted by Gasteiger charge is 1.95. The van der Waals surface area contributed by atoms with Gasteiger partial charge in [0.25, 0.3) is 0 Å². The third-order valence-corrected chi connectivity index (χ3v) is 6.05. The molecule has 0 aliphatic carbocycles. The van der Waals surface area contributed by atoms with Crippen LogP contribution >= 0.6 is 0 Å². The van der Waals surface area contributed by atoms with Gasteiger partial charge in [0, 0.05) is 6.61 Å².